The highest BCUT2D eigenvalue weighted by Crippen LogP contribution is 2.27. The molecule has 1 aromatic rings. The fourth-order valence-corrected chi connectivity index (χ4v) is 1.26. The first-order chi connectivity index (χ1) is 8.54. The number of rotatable bonds is 6. The summed E-state index contributed by atoms with van der Waals surface area (Å²) in [6, 6.07) is 3.43. The van der Waals surface area contributed by atoms with Crippen molar-refractivity contribution in [3.63, 3.8) is 0 Å². The maximum absolute atomic E-state index is 11.4. The van der Waals surface area contributed by atoms with Crippen LogP contribution in [-0.2, 0) is 9.53 Å². The van der Waals surface area contributed by atoms with Crippen LogP contribution in [0.25, 0.3) is 0 Å². The average Bonchev–Trinajstić information content (AvgIpc) is 2.32. The summed E-state index contributed by atoms with van der Waals surface area (Å²) in [4.78, 5) is 21.4. The van der Waals surface area contributed by atoms with Crippen molar-refractivity contribution in [3.05, 3.63) is 28.3 Å². The van der Waals surface area contributed by atoms with E-state index in [2.05, 4.69) is 5.32 Å². The number of carbonyl (C=O) groups excluding carboxylic acids is 1. The lowest BCUT2D eigenvalue weighted by atomic mass is 10.2. The molecule has 18 heavy (non-hydrogen) atoms. The van der Waals surface area contributed by atoms with Crippen molar-refractivity contribution < 1.29 is 19.6 Å². The van der Waals surface area contributed by atoms with Gasteiger partial charge in [-0.3, -0.25) is 14.9 Å². The Labute approximate surface area is 104 Å². The summed E-state index contributed by atoms with van der Waals surface area (Å²) in [5, 5.41) is 22.4. The quantitative estimate of drug-likeness (QED) is 0.348. The van der Waals surface area contributed by atoms with E-state index in [0.717, 1.165) is 18.2 Å². The molecule has 2 N–H and O–H groups in total. The lowest BCUT2D eigenvalue weighted by Crippen LogP contribution is -2.14. The number of benzene rings is 1. The Morgan fingerprint density at radius 3 is 2.89 bits per heavy atom. The summed E-state index contributed by atoms with van der Waals surface area (Å²) in [6.45, 7) is 2.58. The molecule has 0 bridgehead atoms. The Bertz CT molecular complexity index is 447. The third kappa shape index (κ3) is 4.02. The molecule has 7 nitrogen and oxygen atoms in total. The minimum Gasteiger partial charge on any atom is -0.506 e. The molecule has 1 aromatic carbocycles. The lowest BCUT2D eigenvalue weighted by molar-refractivity contribution is -0.384. The molecule has 0 radical (unpaired) electrons. The summed E-state index contributed by atoms with van der Waals surface area (Å²) in [5.41, 5.74) is -0.182. The predicted octanol–water partition coefficient (Wildman–Crippen LogP) is 1.67. The summed E-state index contributed by atoms with van der Waals surface area (Å²) in [5.74, 6) is -0.593. The largest absolute Gasteiger partial charge is 0.506 e. The topological polar surface area (TPSA) is 102 Å². The zero-order valence-electron chi connectivity index (χ0n) is 9.88. The molecule has 0 aliphatic heterocycles. The minimum absolute atomic E-state index is 0.0192. The van der Waals surface area contributed by atoms with Crippen molar-refractivity contribution >= 4 is 17.3 Å². The van der Waals surface area contributed by atoms with E-state index in [4.69, 9.17) is 4.74 Å². The molecule has 1 rings (SSSR count). The van der Waals surface area contributed by atoms with Gasteiger partial charge >= 0.3 is 0 Å². The maximum Gasteiger partial charge on any atom is 0.271 e. The van der Waals surface area contributed by atoms with Gasteiger partial charge in [-0.25, -0.2) is 0 Å². The fraction of sp³-hybridized carbons (Fsp3) is 0.364. The van der Waals surface area contributed by atoms with Gasteiger partial charge in [-0.15, -0.1) is 0 Å². The van der Waals surface area contributed by atoms with Crippen LogP contribution in [0.1, 0.15) is 13.3 Å². The molecule has 0 spiro atoms. The Morgan fingerprint density at radius 1 is 1.56 bits per heavy atom. The van der Waals surface area contributed by atoms with Crippen LogP contribution < -0.4 is 5.32 Å². The van der Waals surface area contributed by atoms with Crippen molar-refractivity contribution in [1.82, 2.24) is 0 Å². The number of hydrogen-bond acceptors (Lipinski definition) is 5. The van der Waals surface area contributed by atoms with Crippen LogP contribution >= 0.6 is 0 Å². The van der Waals surface area contributed by atoms with E-state index in [1.54, 1.807) is 0 Å². The van der Waals surface area contributed by atoms with Crippen LogP contribution in [0.5, 0.6) is 5.75 Å². The summed E-state index contributed by atoms with van der Waals surface area (Å²) in [6.07, 6.45) is 0.121. The number of non-ortho nitro benzene ring substituents is 1. The van der Waals surface area contributed by atoms with E-state index in [9.17, 15) is 20.0 Å². The van der Waals surface area contributed by atoms with E-state index in [1.165, 1.54) is 0 Å². The second-order valence-corrected chi connectivity index (χ2v) is 3.45. The molecular weight excluding hydrogens is 240 g/mol. The van der Waals surface area contributed by atoms with Crippen LogP contribution in [-0.4, -0.2) is 29.2 Å². The number of amides is 1. The zero-order chi connectivity index (χ0) is 13.5. The van der Waals surface area contributed by atoms with Crippen molar-refractivity contribution in [1.29, 1.82) is 0 Å². The number of nitro benzene ring substituents is 1. The standard InChI is InChI=1S/C11H14N2O5/c1-2-18-6-5-11(15)12-9-7-8(13(16)17)3-4-10(9)14/h3-4,7,14H,2,5-6H2,1H3,(H,12,15). The van der Waals surface area contributed by atoms with E-state index < -0.39 is 4.92 Å². The Morgan fingerprint density at radius 2 is 2.28 bits per heavy atom. The number of anilines is 1. The molecular formula is C11H14N2O5. The number of nitro groups is 1. The Hall–Kier alpha value is -2.15. The molecule has 0 aromatic heterocycles. The molecule has 7 heteroatoms. The summed E-state index contributed by atoms with van der Waals surface area (Å²) >= 11 is 0. The van der Waals surface area contributed by atoms with Crippen molar-refractivity contribution in [3.8, 4) is 5.75 Å². The van der Waals surface area contributed by atoms with Gasteiger partial charge in [0.25, 0.3) is 5.69 Å². The molecule has 0 saturated heterocycles. The van der Waals surface area contributed by atoms with Gasteiger partial charge in [-0.2, -0.15) is 0 Å². The number of nitrogens with zero attached hydrogens (tertiary/aromatic N) is 1. The maximum atomic E-state index is 11.4. The molecule has 0 atom stereocenters. The van der Waals surface area contributed by atoms with Gasteiger partial charge in [0.2, 0.25) is 5.91 Å². The van der Waals surface area contributed by atoms with Gasteiger partial charge in [0.1, 0.15) is 5.75 Å². The SMILES string of the molecule is CCOCCC(=O)Nc1cc([N+](=O)[O-])ccc1O. The molecule has 0 aliphatic carbocycles. The third-order valence-corrected chi connectivity index (χ3v) is 2.14. The Balaban J connectivity index is 2.68. The second-order valence-electron chi connectivity index (χ2n) is 3.45. The molecule has 0 saturated carbocycles. The van der Waals surface area contributed by atoms with Crippen LogP contribution in [0.2, 0.25) is 0 Å². The van der Waals surface area contributed by atoms with E-state index in [1.807, 2.05) is 6.92 Å². The smallest absolute Gasteiger partial charge is 0.271 e. The monoisotopic (exact) mass is 254 g/mol. The van der Waals surface area contributed by atoms with Gasteiger partial charge < -0.3 is 15.2 Å². The van der Waals surface area contributed by atoms with Gasteiger partial charge in [-0.05, 0) is 13.0 Å². The normalized spacial score (nSPS) is 10.1. The number of carbonyl (C=O) groups is 1. The van der Waals surface area contributed by atoms with Gasteiger partial charge in [0.05, 0.1) is 23.6 Å². The molecule has 0 unspecified atom stereocenters. The minimum atomic E-state index is -0.602. The number of ether oxygens (including phenoxy) is 1. The van der Waals surface area contributed by atoms with Crippen LogP contribution in [0.4, 0.5) is 11.4 Å². The van der Waals surface area contributed by atoms with Crippen LogP contribution in [0.15, 0.2) is 18.2 Å². The number of aromatic hydroxyl groups is 1. The molecule has 1 amide bonds. The van der Waals surface area contributed by atoms with Crippen molar-refractivity contribution in [2.75, 3.05) is 18.5 Å². The zero-order valence-corrected chi connectivity index (χ0v) is 9.88. The van der Waals surface area contributed by atoms with E-state index >= 15 is 0 Å². The van der Waals surface area contributed by atoms with E-state index in [-0.39, 0.29) is 36.1 Å². The predicted molar refractivity (Wildman–Crippen MR) is 64.5 cm³/mol. The lowest BCUT2D eigenvalue weighted by Gasteiger charge is -2.07. The fourth-order valence-electron chi connectivity index (χ4n) is 1.26. The molecule has 98 valence electrons. The van der Waals surface area contributed by atoms with E-state index in [0.29, 0.717) is 6.61 Å². The summed E-state index contributed by atoms with van der Waals surface area (Å²) < 4.78 is 5.00. The van der Waals surface area contributed by atoms with Gasteiger partial charge in [0.15, 0.2) is 0 Å². The first-order valence-corrected chi connectivity index (χ1v) is 5.39. The van der Waals surface area contributed by atoms with Crippen molar-refractivity contribution in [2.24, 2.45) is 0 Å². The van der Waals surface area contributed by atoms with Crippen molar-refractivity contribution in [2.45, 2.75) is 13.3 Å². The molecule has 0 fully saturated rings. The van der Waals surface area contributed by atoms with Crippen LogP contribution in [0.3, 0.4) is 0 Å². The third-order valence-electron chi connectivity index (χ3n) is 2.14. The first-order valence-electron chi connectivity index (χ1n) is 5.39. The molecule has 0 heterocycles. The van der Waals surface area contributed by atoms with Gasteiger partial charge in [0, 0.05) is 18.7 Å². The highest BCUT2D eigenvalue weighted by Gasteiger charge is 2.12. The average molecular weight is 254 g/mol. The highest BCUT2D eigenvalue weighted by atomic mass is 16.6. The molecule has 0 aliphatic rings. The second kappa shape index (κ2) is 6.55. The Kier molecular flexibility index (Phi) is 5.06. The highest BCUT2D eigenvalue weighted by molar-refractivity contribution is 5.92. The number of phenolic OH excluding ortho intramolecular Hbond substituents is 1. The van der Waals surface area contributed by atoms with Gasteiger partial charge in [-0.1, -0.05) is 0 Å². The van der Waals surface area contributed by atoms with Crippen LogP contribution in [0, 0.1) is 10.1 Å². The number of phenols is 1. The number of hydrogen-bond donors (Lipinski definition) is 2. The first kappa shape index (κ1) is 13.9. The number of nitrogens with one attached hydrogen (secondary N) is 1. The summed E-state index contributed by atoms with van der Waals surface area (Å²) in [7, 11) is 0.